The number of ether oxygens (including phenoxy) is 5. The van der Waals surface area contributed by atoms with Gasteiger partial charge in [0.1, 0.15) is 0 Å². The molecule has 0 saturated carbocycles. The topological polar surface area (TPSA) is 46.2 Å². The van der Waals surface area contributed by atoms with Crippen LogP contribution in [-0.2, 0) is 12.8 Å². The van der Waals surface area contributed by atoms with Gasteiger partial charge in [0.05, 0.1) is 40.0 Å². The quantitative estimate of drug-likeness (QED) is 0.649. The molecule has 0 spiro atoms. The molecule has 0 fully saturated rings. The number of rotatable bonds is 8. The Balaban J connectivity index is 2.30. The standard InChI is InChI=1S/C19H23BrO5/c1-21-15-9-7-12(10-16(15)22-2)6-8-13-11-14(20)18(24-4)19(25-5)17(13)23-3/h7,9-11H,6,8H2,1-5H3. The number of hydrogen-bond acceptors (Lipinski definition) is 5. The summed E-state index contributed by atoms with van der Waals surface area (Å²) in [7, 11) is 8.10. The fourth-order valence-electron chi connectivity index (χ4n) is 2.74. The molecule has 136 valence electrons. The largest absolute Gasteiger partial charge is 0.493 e. The van der Waals surface area contributed by atoms with Gasteiger partial charge in [-0.1, -0.05) is 6.07 Å². The maximum Gasteiger partial charge on any atom is 0.204 e. The van der Waals surface area contributed by atoms with Gasteiger partial charge in [0.25, 0.3) is 0 Å². The third kappa shape index (κ3) is 4.12. The average Bonchev–Trinajstić information content (AvgIpc) is 2.65. The molecule has 0 aliphatic rings. The van der Waals surface area contributed by atoms with E-state index in [1.165, 1.54) is 0 Å². The molecule has 0 unspecified atom stereocenters. The van der Waals surface area contributed by atoms with E-state index in [0.29, 0.717) is 17.2 Å². The summed E-state index contributed by atoms with van der Waals surface area (Å²) in [4.78, 5) is 0. The Labute approximate surface area is 156 Å². The molecule has 0 N–H and O–H groups in total. The lowest BCUT2D eigenvalue weighted by Crippen LogP contribution is -2.01. The molecular formula is C19H23BrO5. The molecule has 0 heterocycles. The zero-order valence-electron chi connectivity index (χ0n) is 15.1. The van der Waals surface area contributed by atoms with E-state index in [0.717, 1.165) is 39.9 Å². The van der Waals surface area contributed by atoms with Crippen LogP contribution in [0.25, 0.3) is 0 Å². The maximum absolute atomic E-state index is 5.56. The van der Waals surface area contributed by atoms with Gasteiger partial charge in [0.2, 0.25) is 5.75 Å². The molecule has 0 saturated heterocycles. The summed E-state index contributed by atoms with van der Waals surface area (Å²) < 4.78 is 27.9. The van der Waals surface area contributed by atoms with Crippen LogP contribution in [0, 0.1) is 0 Å². The second-order valence-corrected chi connectivity index (χ2v) is 6.16. The van der Waals surface area contributed by atoms with Gasteiger partial charge in [-0.15, -0.1) is 0 Å². The fourth-order valence-corrected chi connectivity index (χ4v) is 3.36. The monoisotopic (exact) mass is 410 g/mol. The highest BCUT2D eigenvalue weighted by molar-refractivity contribution is 9.10. The highest BCUT2D eigenvalue weighted by Crippen LogP contribution is 2.45. The van der Waals surface area contributed by atoms with E-state index >= 15 is 0 Å². The van der Waals surface area contributed by atoms with Crippen LogP contribution in [0.3, 0.4) is 0 Å². The fraction of sp³-hybridized carbons (Fsp3) is 0.368. The van der Waals surface area contributed by atoms with Crippen LogP contribution in [0.5, 0.6) is 28.7 Å². The first kappa shape index (κ1) is 19.2. The van der Waals surface area contributed by atoms with Crippen molar-refractivity contribution >= 4 is 15.9 Å². The summed E-state index contributed by atoms with van der Waals surface area (Å²) in [6.07, 6.45) is 1.59. The molecule has 2 aromatic carbocycles. The van der Waals surface area contributed by atoms with Crippen LogP contribution in [0.1, 0.15) is 11.1 Å². The Bertz CT molecular complexity index is 730. The zero-order valence-corrected chi connectivity index (χ0v) is 16.7. The van der Waals surface area contributed by atoms with Crippen LogP contribution in [-0.4, -0.2) is 35.5 Å². The molecule has 5 nitrogen and oxygen atoms in total. The minimum absolute atomic E-state index is 0.585. The van der Waals surface area contributed by atoms with Crippen LogP contribution < -0.4 is 23.7 Å². The predicted octanol–water partition coefficient (Wildman–Crippen LogP) is 4.28. The van der Waals surface area contributed by atoms with Crippen LogP contribution in [0.15, 0.2) is 28.7 Å². The smallest absolute Gasteiger partial charge is 0.204 e. The van der Waals surface area contributed by atoms with Gasteiger partial charge in [-0.2, -0.15) is 0 Å². The zero-order chi connectivity index (χ0) is 18.4. The number of benzene rings is 2. The molecule has 0 aliphatic carbocycles. The van der Waals surface area contributed by atoms with Crippen molar-refractivity contribution in [2.45, 2.75) is 12.8 Å². The molecule has 0 amide bonds. The molecule has 25 heavy (non-hydrogen) atoms. The minimum atomic E-state index is 0.585. The van der Waals surface area contributed by atoms with E-state index < -0.39 is 0 Å². The van der Waals surface area contributed by atoms with Crippen molar-refractivity contribution in [3.63, 3.8) is 0 Å². The second kappa shape index (κ2) is 8.85. The van der Waals surface area contributed by atoms with Crippen molar-refractivity contribution in [2.24, 2.45) is 0 Å². The molecule has 0 bridgehead atoms. The van der Waals surface area contributed by atoms with Crippen molar-refractivity contribution < 1.29 is 23.7 Å². The highest BCUT2D eigenvalue weighted by atomic mass is 79.9. The van der Waals surface area contributed by atoms with E-state index in [9.17, 15) is 0 Å². The molecule has 2 aromatic rings. The number of hydrogen-bond donors (Lipinski definition) is 0. The summed E-state index contributed by atoms with van der Waals surface area (Å²) in [5, 5.41) is 0. The Morgan fingerprint density at radius 1 is 0.680 bits per heavy atom. The molecule has 0 atom stereocenters. The SMILES string of the molecule is COc1ccc(CCc2cc(Br)c(OC)c(OC)c2OC)cc1OC. The lowest BCUT2D eigenvalue weighted by molar-refractivity contribution is 0.321. The van der Waals surface area contributed by atoms with Crippen molar-refractivity contribution in [3.05, 3.63) is 39.9 Å². The van der Waals surface area contributed by atoms with Gasteiger partial charge in [0, 0.05) is 0 Å². The van der Waals surface area contributed by atoms with Crippen molar-refractivity contribution in [2.75, 3.05) is 35.5 Å². The molecule has 0 radical (unpaired) electrons. The van der Waals surface area contributed by atoms with Crippen molar-refractivity contribution in [1.82, 2.24) is 0 Å². The van der Waals surface area contributed by atoms with Crippen molar-refractivity contribution in [3.8, 4) is 28.7 Å². The Morgan fingerprint density at radius 3 is 1.88 bits per heavy atom. The summed E-state index contributed by atoms with van der Waals surface area (Å²) in [6, 6.07) is 7.93. The number of methoxy groups -OCH3 is 5. The lowest BCUT2D eigenvalue weighted by Gasteiger charge is -2.17. The number of halogens is 1. The van der Waals surface area contributed by atoms with Gasteiger partial charge in [-0.25, -0.2) is 0 Å². The summed E-state index contributed by atoms with van der Waals surface area (Å²) >= 11 is 3.53. The third-order valence-corrected chi connectivity index (χ3v) is 4.55. The first-order valence-corrected chi connectivity index (χ1v) is 8.57. The maximum atomic E-state index is 5.56. The molecule has 0 aromatic heterocycles. The summed E-state index contributed by atoms with van der Waals surface area (Å²) in [5.74, 6) is 3.33. The van der Waals surface area contributed by atoms with Gasteiger partial charge < -0.3 is 23.7 Å². The molecule has 2 rings (SSSR count). The van der Waals surface area contributed by atoms with Crippen LogP contribution in [0.2, 0.25) is 0 Å². The van der Waals surface area contributed by atoms with Gasteiger partial charge in [-0.05, 0) is 58.1 Å². The number of aryl methyl sites for hydroxylation is 2. The summed E-state index contributed by atoms with van der Waals surface area (Å²) in [6.45, 7) is 0. The Hall–Kier alpha value is -2.08. The Kier molecular flexibility index (Phi) is 6.82. The molecular weight excluding hydrogens is 388 g/mol. The van der Waals surface area contributed by atoms with E-state index in [1.807, 2.05) is 24.3 Å². The average molecular weight is 411 g/mol. The summed E-state index contributed by atoms with van der Waals surface area (Å²) in [5.41, 5.74) is 2.17. The first-order valence-electron chi connectivity index (χ1n) is 7.77. The molecule has 6 heteroatoms. The van der Waals surface area contributed by atoms with E-state index in [1.54, 1.807) is 35.5 Å². The predicted molar refractivity (Wildman–Crippen MR) is 101 cm³/mol. The first-order chi connectivity index (χ1) is 12.1. The Morgan fingerprint density at radius 2 is 1.32 bits per heavy atom. The van der Waals surface area contributed by atoms with Crippen molar-refractivity contribution in [1.29, 1.82) is 0 Å². The second-order valence-electron chi connectivity index (χ2n) is 5.31. The van der Waals surface area contributed by atoms with Gasteiger partial charge >= 0.3 is 0 Å². The third-order valence-electron chi connectivity index (χ3n) is 3.97. The van der Waals surface area contributed by atoms with E-state index in [-0.39, 0.29) is 0 Å². The van der Waals surface area contributed by atoms with Gasteiger partial charge in [-0.3, -0.25) is 0 Å². The van der Waals surface area contributed by atoms with E-state index in [2.05, 4.69) is 15.9 Å². The highest BCUT2D eigenvalue weighted by Gasteiger charge is 2.19. The molecule has 0 aliphatic heterocycles. The normalized spacial score (nSPS) is 10.3. The van der Waals surface area contributed by atoms with Gasteiger partial charge in [0.15, 0.2) is 23.0 Å². The van der Waals surface area contributed by atoms with Crippen LogP contribution >= 0.6 is 15.9 Å². The minimum Gasteiger partial charge on any atom is -0.493 e. The van der Waals surface area contributed by atoms with Crippen LogP contribution in [0.4, 0.5) is 0 Å². The lowest BCUT2D eigenvalue weighted by atomic mass is 10.0. The van der Waals surface area contributed by atoms with E-state index in [4.69, 9.17) is 23.7 Å².